The highest BCUT2D eigenvalue weighted by Crippen LogP contribution is 2.47. The first-order chi connectivity index (χ1) is 17.8. The molecular formula is C28H54FN7O. The number of rotatable bonds is 7. The fourth-order valence-electron chi connectivity index (χ4n) is 7.87. The Labute approximate surface area is 224 Å². The van der Waals surface area contributed by atoms with Gasteiger partial charge in [-0.05, 0) is 103 Å². The monoisotopic (exact) mass is 523 g/mol. The van der Waals surface area contributed by atoms with Crippen LogP contribution in [-0.2, 0) is 4.79 Å². The third kappa shape index (κ3) is 7.85. The lowest BCUT2D eigenvalue weighted by atomic mass is 9.73. The summed E-state index contributed by atoms with van der Waals surface area (Å²) in [5.41, 5.74) is 12.8. The van der Waals surface area contributed by atoms with Gasteiger partial charge in [0.05, 0.1) is 18.1 Å². The summed E-state index contributed by atoms with van der Waals surface area (Å²) in [7, 11) is 4.30. The van der Waals surface area contributed by atoms with Crippen LogP contribution in [0.15, 0.2) is 0 Å². The number of hydrogen-bond donors (Lipinski definition) is 5. The van der Waals surface area contributed by atoms with E-state index in [1.54, 1.807) is 0 Å². The van der Waals surface area contributed by atoms with Gasteiger partial charge in [0, 0.05) is 31.7 Å². The van der Waals surface area contributed by atoms with Crippen LogP contribution in [0.2, 0.25) is 0 Å². The Morgan fingerprint density at radius 3 is 2.46 bits per heavy atom. The minimum atomic E-state index is -0.890. The average Bonchev–Trinajstić information content (AvgIpc) is 3.33. The molecule has 1 spiro atoms. The van der Waals surface area contributed by atoms with E-state index in [-0.39, 0.29) is 30.0 Å². The first-order valence-electron chi connectivity index (χ1n) is 15.0. The zero-order valence-corrected chi connectivity index (χ0v) is 23.4. The Balaban J connectivity index is 1.43. The van der Waals surface area contributed by atoms with Crippen LogP contribution in [-0.4, -0.2) is 99.5 Å². The van der Waals surface area contributed by atoms with E-state index in [0.717, 1.165) is 77.2 Å². The van der Waals surface area contributed by atoms with Crippen molar-refractivity contribution >= 4 is 5.91 Å². The number of nitrogens with zero attached hydrogens (tertiary/aromatic N) is 2. The molecule has 1 amide bonds. The molecule has 9 heteroatoms. The number of nitrogens with two attached hydrogens (primary N) is 2. The summed E-state index contributed by atoms with van der Waals surface area (Å²) >= 11 is 0. The van der Waals surface area contributed by atoms with Gasteiger partial charge in [0.25, 0.3) is 0 Å². The van der Waals surface area contributed by atoms with Gasteiger partial charge in [-0.2, -0.15) is 0 Å². The molecule has 0 aromatic rings. The average molecular weight is 524 g/mol. The number of nitrogens with one attached hydrogen (secondary N) is 3. The molecule has 5 atom stereocenters. The fraction of sp³-hybridized carbons (Fsp3) is 0.964. The van der Waals surface area contributed by atoms with Crippen molar-refractivity contribution in [1.82, 2.24) is 25.8 Å². The standard InChI is InChI=1S/C28H54FN7O/c1-35(2)19-20-8-14-36(15-9-20)24-7-13-32-18-23(24)34-27(37)25(26(30)31)22-16-28(10-3-4-11-28)12-5-6-21(29)17-33-22/h20-26,32-33H,3-19,30-31H2,1-2H3,(H,34,37). The van der Waals surface area contributed by atoms with Crippen molar-refractivity contribution in [2.45, 2.75) is 101 Å². The maximum absolute atomic E-state index is 14.6. The van der Waals surface area contributed by atoms with Crippen LogP contribution in [0.3, 0.4) is 0 Å². The lowest BCUT2D eigenvalue weighted by Crippen LogP contribution is -2.64. The van der Waals surface area contributed by atoms with Crippen LogP contribution in [0.5, 0.6) is 0 Å². The molecule has 214 valence electrons. The Bertz CT molecular complexity index is 709. The summed E-state index contributed by atoms with van der Waals surface area (Å²) in [4.78, 5) is 18.7. The number of piperidine rings is 2. The van der Waals surface area contributed by atoms with Crippen molar-refractivity contribution in [2.75, 3.05) is 53.4 Å². The van der Waals surface area contributed by atoms with Crippen LogP contribution in [0, 0.1) is 17.3 Å². The second kappa shape index (κ2) is 13.5. The summed E-state index contributed by atoms with van der Waals surface area (Å²) in [6.07, 6.45) is 9.93. The molecule has 37 heavy (non-hydrogen) atoms. The van der Waals surface area contributed by atoms with Crippen LogP contribution in [0.1, 0.15) is 70.6 Å². The number of likely N-dealkylation sites (tertiary alicyclic amines) is 1. The summed E-state index contributed by atoms with van der Waals surface area (Å²) in [5, 5.41) is 10.3. The van der Waals surface area contributed by atoms with Crippen LogP contribution < -0.4 is 27.4 Å². The van der Waals surface area contributed by atoms with E-state index < -0.39 is 18.3 Å². The molecule has 0 aromatic heterocycles. The SMILES string of the molecule is CN(C)CC1CCN(C2CCNCC2NC(=O)C(C(N)N)C2CC3(CCCC3)CCCC(F)CN2)CC1. The molecular weight excluding hydrogens is 469 g/mol. The number of carbonyl (C=O) groups is 1. The minimum absolute atomic E-state index is 0.0265. The maximum atomic E-state index is 14.6. The molecule has 0 bridgehead atoms. The van der Waals surface area contributed by atoms with Gasteiger partial charge in [-0.1, -0.05) is 12.8 Å². The Hall–Kier alpha value is -0.840. The molecule has 0 radical (unpaired) electrons. The van der Waals surface area contributed by atoms with Crippen molar-refractivity contribution in [3.05, 3.63) is 0 Å². The van der Waals surface area contributed by atoms with Gasteiger partial charge >= 0.3 is 0 Å². The normalized spacial score (nSPS) is 33.3. The number of hydrogen-bond acceptors (Lipinski definition) is 7. The van der Waals surface area contributed by atoms with Gasteiger partial charge in [0.2, 0.25) is 5.91 Å². The quantitative estimate of drug-likeness (QED) is 0.321. The Kier molecular flexibility index (Phi) is 10.6. The highest BCUT2D eigenvalue weighted by atomic mass is 19.1. The topological polar surface area (TPSA) is 112 Å². The molecule has 7 N–H and O–H groups in total. The number of alkyl halides is 1. The van der Waals surface area contributed by atoms with E-state index >= 15 is 0 Å². The molecule has 8 nitrogen and oxygen atoms in total. The van der Waals surface area contributed by atoms with Crippen molar-refractivity contribution in [3.63, 3.8) is 0 Å². The minimum Gasteiger partial charge on any atom is -0.350 e. The summed E-state index contributed by atoms with van der Waals surface area (Å²) in [5.74, 6) is 0.102. The van der Waals surface area contributed by atoms with Crippen molar-refractivity contribution < 1.29 is 9.18 Å². The number of carbonyl (C=O) groups excluding carboxylic acids is 1. The fourth-order valence-corrected chi connectivity index (χ4v) is 7.87. The van der Waals surface area contributed by atoms with Gasteiger partial charge in [-0.25, -0.2) is 4.39 Å². The summed E-state index contributed by atoms with van der Waals surface area (Å²) in [6.45, 7) is 5.31. The van der Waals surface area contributed by atoms with Crippen molar-refractivity contribution in [1.29, 1.82) is 0 Å². The molecule has 4 rings (SSSR count). The second-order valence-corrected chi connectivity index (χ2v) is 12.9. The van der Waals surface area contributed by atoms with E-state index in [4.69, 9.17) is 11.5 Å². The largest absolute Gasteiger partial charge is 0.350 e. The van der Waals surface area contributed by atoms with Gasteiger partial charge in [0.15, 0.2) is 0 Å². The first kappa shape index (κ1) is 29.2. The molecule has 3 aliphatic heterocycles. The predicted octanol–water partition coefficient (Wildman–Crippen LogP) is 1.40. The van der Waals surface area contributed by atoms with E-state index in [9.17, 15) is 9.18 Å². The predicted molar refractivity (Wildman–Crippen MR) is 148 cm³/mol. The first-order valence-corrected chi connectivity index (χ1v) is 15.0. The van der Waals surface area contributed by atoms with Crippen LogP contribution >= 0.6 is 0 Å². The van der Waals surface area contributed by atoms with E-state index in [1.165, 1.54) is 25.7 Å². The molecule has 1 aliphatic carbocycles. The molecule has 3 heterocycles. The molecule has 1 saturated carbocycles. The maximum Gasteiger partial charge on any atom is 0.227 e. The van der Waals surface area contributed by atoms with Gasteiger partial charge in [0.1, 0.15) is 6.17 Å². The molecule has 4 fully saturated rings. The zero-order valence-electron chi connectivity index (χ0n) is 23.4. The smallest absolute Gasteiger partial charge is 0.227 e. The van der Waals surface area contributed by atoms with E-state index in [0.29, 0.717) is 12.5 Å². The zero-order chi connectivity index (χ0) is 26.4. The summed E-state index contributed by atoms with van der Waals surface area (Å²) < 4.78 is 14.6. The van der Waals surface area contributed by atoms with Crippen molar-refractivity contribution in [3.8, 4) is 0 Å². The highest BCUT2D eigenvalue weighted by molar-refractivity contribution is 5.80. The second-order valence-electron chi connectivity index (χ2n) is 12.9. The Morgan fingerprint density at radius 1 is 1.08 bits per heavy atom. The number of amides is 1. The lowest BCUT2D eigenvalue weighted by Gasteiger charge is -2.44. The van der Waals surface area contributed by atoms with Gasteiger partial charge in [-0.3, -0.25) is 9.69 Å². The molecule has 3 saturated heterocycles. The van der Waals surface area contributed by atoms with Gasteiger partial charge < -0.3 is 32.3 Å². The van der Waals surface area contributed by atoms with Crippen LogP contribution in [0.4, 0.5) is 4.39 Å². The van der Waals surface area contributed by atoms with E-state index in [2.05, 4.69) is 39.8 Å². The highest BCUT2D eigenvalue weighted by Gasteiger charge is 2.43. The number of halogens is 1. The van der Waals surface area contributed by atoms with E-state index in [1.807, 2.05) is 0 Å². The molecule has 0 aromatic carbocycles. The van der Waals surface area contributed by atoms with Crippen LogP contribution in [0.25, 0.3) is 0 Å². The van der Waals surface area contributed by atoms with Gasteiger partial charge in [-0.15, -0.1) is 0 Å². The van der Waals surface area contributed by atoms with Crippen molar-refractivity contribution in [2.24, 2.45) is 28.7 Å². The summed E-state index contributed by atoms with van der Waals surface area (Å²) in [6, 6.07) is 0.148. The Morgan fingerprint density at radius 2 is 1.78 bits per heavy atom. The third-order valence-corrected chi connectivity index (χ3v) is 9.81. The lowest BCUT2D eigenvalue weighted by molar-refractivity contribution is -0.128. The third-order valence-electron chi connectivity index (χ3n) is 9.81. The molecule has 5 unspecified atom stereocenters. The molecule has 4 aliphatic rings.